The zero-order valence-corrected chi connectivity index (χ0v) is 12.3. The van der Waals surface area contributed by atoms with Crippen LogP contribution < -0.4 is 16.0 Å². The first-order chi connectivity index (χ1) is 10.7. The van der Waals surface area contributed by atoms with Crippen molar-refractivity contribution in [2.24, 2.45) is 0 Å². The van der Waals surface area contributed by atoms with E-state index < -0.39 is 6.04 Å². The van der Waals surface area contributed by atoms with Gasteiger partial charge < -0.3 is 20.4 Å². The van der Waals surface area contributed by atoms with Crippen molar-refractivity contribution in [2.75, 3.05) is 18.4 Å². The first kappa shape index (κ1) is 15.6. The molecule has 1 atom stereocenters. The van der Waals surface area contributed by atoms with Crippen molar-refractivity contribution in [1.29, 1.82) is 0 Å². The van der Waals surface area contributed by atoms with Gasteiger partial charge in [-0.3, -0.25) is 9.59 Å². The fourth-order valence-corrected chi connectivity index (χ4v) is 1.84. The Balaban J connectivity index is 1.67. The van der Waals surface area contributed by atoms with Crippen LogP contribution in [0.1, 0.15) is 17.3 Å². The Kier molecular flexibility index (Phi) is 5.59. The number of nitrogens with one attached hydrogen (secondary N) is 3. The highest BCUT2D eigenvalue weighted by atomic mass is 16.3. The minimum atomic E-state index is -0.612. The van der Waals surface area contributed by atoms with E-state index in [1.54, 1.807) is 13.0 Å². The number of carbonyl (C=O) groups excluding carboxylic acids is 2. The molecule has 0 saturated heterocycles. The Bertz CT molecular complexity index is 596. The Labute approximate surface area is 128 Å². The van der Waals surface area contributed by atoms with E-state index in [1.807, 2.05) is 30.3 Å². The molecule has 0 aliphatic heterocycles. The minimum Gasteiger partial charge on any atom is -0.472 e. The van der Waals surface area contributed by atoms with Crippen LogP contribution >= 0.6 is 0 Å². The van der Waals surface area contributed by atoms with Crippen molar-refractivity contribution in [3.63, 3.8) is 0 Å². The second-order valence-electron chi connectivity index (χ2n) is 4.79. The third kappa shape index (κ3) is 4.66. The molecular weight excluding hydrogens is 282 g/mol. The molecular formula is C16H19N3O3. The summed E-state index contributed by atoms with van der Waals surface area (Å²) in [7, 11) is 0. The van der Waals surface area contributed by atoms with Crippen LogP contribution in [-0.4, -0.2) is 30.9 Å². The van der Waals surface area contributed by atoms with E-state index >= 15 is 0 Å². The number of benzene rings is 1. The average Bonchev–Trinajstić information content (AvgIpc) is 3.07. The number of hydrogen-bond donors (Lipinski definition) is 3. The summed E-state index contributed by atoms with van der Waals surface area (Å²) in [6, 6.07) is 10.7. The van der Waals surface area contributed by atoms with E-state index in [-0.39, 0.29) is 11.8 Å². The lowest BCUT2D eigenvalue weighted by Crippen LogP contribution is -2.45. The smallest absolute Gasteiger partial charge is 0.255 e. The highest BCUT2D eigenvalue weighted by molar-refractivity contribution is 5.97. The fraction of sp³-hybridized carbons (Fsp3) is 0.250. The number of amides is 2. The summed E-state index contributed by atoms with van der Waals surface area (Å²) in [5, 5.41) is 8.56. The summed E-state index contributed by atoms with van der Waals surface area (Å²) in [6.45, 7) is 2.72. The van der Waals surface area contributed by atoms with Crippen LogP contribution in [0.5, 0.6) is 0 Å². The largest absolute Gasteiger partial charge is 0.472 e. The molecule has 0 aliphatic rings. The zero-order valence-electron chi connectivity index (χ0n) is 12.3. The summed E-state index contributed by atoms with van der Waals surface area (Å²) in [5.74, 6) is -0.564. The topological polar surface area (TPSA) is 83.4 Å². The molecule has 6 nitrogen and oxygen atoms in total. The number of hydrogen-bond acceptors (Lipinski definition) is 4. The van der Waals surface area contributed by atoms with Gasteiger partial charge in [0.05, 0.1) is 11.8 Å². The van der Waals surface area contributed by atoms with Gasteiger partial charge in [-0.25, -0.2) is 0 Å². The number of carbonyl (C=O) groups is 2. The maximum absolute atomic E-state index is 11.9. The van der Waals surface area contributed by atoms with Crippen LogP contribution in [0, 0.1) is 0 Å². The molecule has 0 fully saturated rings. The van der Waals surface area contributed by atoms with Gasteiger partial charge in [-0.2, -0.15) is 0 Å². The van der Waals surface area contributed by atoms with Gasteiger partial charge in [-0.1, -0.05) is 18.2 Å². The Morgan fingerprint density at radius 1 is 1.14 bits per heavy atom. The molecule has 22 heavy (non-hydrogen) atoms. The lowest BCUT2D eigenvalue weighted by molar-refractivity contribution is -0.122. The zero-order chi connectivity index (χ0) is 15.8. The molecule has 0 saturated carbocycles. The molecule has 6 heteroatoms. The molecule has 116 valence electrons. The maximum atomic E-state index is 11.9. The van der Waals surface area contributed by atoms with Crippen molar-refractivity contribution in [2.45, 2.75) is 13.0 Å². The molecule has 2 amide bonds. The SMILES string of the molecule is C[C@@H](NC(=O)c1ccoc1)C(=O)NCCNc1ccccc1. The molecule has 3 N–H and O–H groups in total. The van der Waals surface area contributed by atoms with E-state index in [2.05, 4.69) is 16.0 Å². The first-order valence-electron chi connectivity index (χ1n) is 7.06. The Morgan fingerprint density at radius 2 is 1.91 bits per heavy atom. The average molecular weight is 301 g/mol. The molecule has 1 aromatic heterocycles. The molecule has 1 aromatic carbocycles. The van der Waals surface area contributed by atoms with Gasteiger partial charge in [0.25, 0.3) is 5.91 Å². The van der Waals surface area contributed by atoms with Gasteiger partial charge in [0, 0.05) is 18.8 Å². The van der Waals surface area contributed by atoms with Gasteiger partial charge in [-0.15, -0.1) is 0 Å². The number of para-hydroxylation sites is 1. The number of rotatable bonds is 7. The predicted octanol–water partition coefficient (Wildman–Crippen LogP) is 1.63. The van der Waals surface area contributed by atoms with Crippen LogP contribution in [0.25, 0.3) is 0 Å². The van der Waals surface area contributed by atoms with Crippen molar-refractivity contribution in [3.8, 4) is 0 Å². The van der Waals surface area contributed by atoms with Gasteiger partial charge in [0.1, 0.15) is 12.3 Å². The van der Waals surface area contributed by atoms with Crippen molar-refractivity contribution < 1.29 is 14.0 Å². The quantitative estimate of drug-likeness (QED) is 0.679. The van der Waals surface area contributed by atoms with Crippen LogP contribution in [-0.2, 0) is 4.79 Å². The van der Waals surface area contributed by atoms with Crippen LogP contribution in [0.4, 0.5) is 5.69 Å². The Morgan fingerprint density at radius 3 is 2.59 bits per heavy atom. The summed E-state index contributed by atoms with van der Waals surface area (Å²) >= 11 is 0. The van der Waals surface area contributed by atoms with E-state index in [1.165, 1.54) is 12.5 Å². The van der Waals surface area contributed by atoms with Crippen molar-refractivity contribution >= 4 is 17.5 Å². The second kappa shape index (κ2) is 7.87. The van der Waals surface area contributed by atoms with E-state index in [0.717, 1.165) is 5.69 Å². The fourth-order valence-electron chi connectivity index (χ4n) is 1.84. The molecule has 2 aromatic rings. The number of furan rings is 1. The molecule has 2 rings (SSSR count). The van der Waals surface area contributed by atoms with Gasteiger partial charge in [0.2, 0.25) is 5.91 Å². The van der Waals surface area contributed by atoms with E-state index in [0.29, 0.717) is 18.7 Å². The lowest BCUT2D eigenvalue weighted by Gasteiger charge is -2.14. The monoisotopic (exact) mass is 301 g/mol. The van der Waals surface area contributed by atoms with Crippen LogP contribution in [0.15, 0.2) is 53.3 Å². The first-order valence-corrected chi connectivity index (χ1v) is 7.06. The normalized spacial score (nSPS) is 11.5. The van der Waals surface area contributed by atoms with Gasteiger partial charge >= 0.3 is 0 Å². The third-order valence-corrected chi connectivity index (χ3v) is 3.05. The summed E-state index contributed by atoms with van der Waals surface area (Å²) in [6.07, 6.45) is 2.75. The van der Waals surface area contributed by atoms with Gasteiger partial charge in [-0.05, 0) is 25.1 Å². The summed E-state index contributed by atoms with van der Waals surface area (Å²) in [5.41, 5.74) is 1.39. The third-order valence-electron chi connectivity index (χ3n) is 3.05. The molecule has 0 bridgehead atoms. The molecule has 0 radical (unpaired) electrons. The minimum absolute atomic E-state index is 0.230. The van der Waals surface area contributed by atoms with Crippen LogP contribution in [0.3, 0.4) is 0 Å². The standard InChI is InChI=1S/C16H19N3O3/c1-12(19-16(21)13-7-10-22-11-13)15(20)18-9-8-17-14-5-3-2-4-6-14/h2-7,10-12,17H,8-9H2,1H3,(H,18,20)(H,19,21)/t12-/m1/s1. The van der Waals surface area contributed by atoms with E-state index in [9.17, 15) is 9.59 Å². The Hall–Kier alpha value is -2.76. The highest BCUT2D eigenvalue weighted by Gasteiger charge is 2.16. The summed E-state index contributed by atoms with van der Waals surface area (Å²) in [4.78, 5) is 23.7. The van der Waals surface area contributed by atoms with Crippen molar-refractivity contribution in [3.05, 3.63) is 54.5 Å². The number of anilines is 1. The maximum Gasteiger partial charge on any atom is 0.255 e. The molecule has 0 unspecified atom stereocenters. The van der Waals surface area contributed by atoms with Crippen molar-refractivity contribution in [1.82, 2.24) is 10.6 Å². The molecule has 0 aliphatic carbocycles. The highest BCUT2D eigenvalue weighted by Crippen LogP contribution is 2.03. The molecule has 0 spiro atoms. The summed E-state index contributed by atoms with van der Waals surface area (Å²) < 4.78 is 4.83. The van der Waals surface area contributed by atoms with Crippen LogP contribution in [0.2, 0.25) is 0 Å². The van der Waals surface area contributed by atoms with E-state index in [4.69, 9.17) is 4.42 Å². The van der Waals surface area contributed by atoms with Gasteiger partial charge in [0.15, 0.2) is 0 Å². The second-order valence-corrected chi connectivity index (χ2v) is 4.79. The predicted molar refractivity (Wildman–Crippen MR) is 83.6 cm³/mol. The lowest BCUT2D eigenvalue weighted by atomic mass is 10.2. The molecule has 1 heterocycles.